The molecule has 0 radical (unpaired) electrons. The smallest absolute Gasteiger partial charge is 0.331 e. The number of anilines is 1. The van der Waals surface area contributed by atoms with Gasteiger partial charge in [-0.15, -0.1) is 10.2 Å². The number of nitrogens with one attached hydrogen (secondary N) is 1. The van der Waals surface area contributed by atoms with Gasteiger partial charge in [0.2, 0.25) is 9.47 Å². The Bertz CT molecular complexity index is 855. The summed E-state index contributed by atoms with van der Waals surface area (Å²) in [5.74, 6) is -3.15. The van der Waals surface area contributed by atoms with Crippen LogP contribution in [-0.4, -0.2) is 46.7 Å². The van der Waals surface area contributed by atoms with Gasteiger partial charge in [-0.3, -0.25) is 14.9 Å². The topological polar surface area (TPSA) is 190 Å². The molecule has 11 nitrogen and oxygen atoms in total. The van der Waals surface area contributed by atoms with Gasteiger partial charge in [0, 0.05) is 17.6 Å². The zero-order valence-electron chi connectivity index (χ0n) is 12.8. The van der Waals surface area contributed by atoms with E-state index in [2.05, 4.69) is 15.5 Å². The van der Waals surface area contributed by atoms with E-state index in [0.29, 0.717) is 11.3 Å². The van der Waals surface area contributed by atoms with Crippen LogP contribution in [0.3, 0.4) is 0 Å². The molecule has 0 aliphatic rings. The van der Waals surface area contributed by atoms with Crippen LogP contribution in [-0.2, 0) is 24.4 Å². The van der Waals surface area contributed by atoms with Gasteiger partial charge in [-0.05, 0) is 19.4 Å². The van der Waals surface area contributed by atoms with Gasteiger partial charge in [-0.1, -0.05) is 17.4 Å². The average molecular weight is 390 g/mol. The Kier molecular flexibility index (Phi) is 6.90. The van der Waals surface area contributed by atoms with Crippen molar-refractivity contribution < 1.29 is 33.0 Å². The van der Waals surface area contributed by atoms with E-state index in [4.69, 9.17) is 15.4 Å². The highest BCUT2D eigenvalue weighted by atomic mass is 32.2. The fourth-order valence-corrected chi connectivity index (χ4v) is 2.74. The first-order chi connectivity index (χ1) is 11.5. The van der Waals surface area contributed by atoms with Gasteiger partial charge in [0.25, 0.3) is 15.9 Å². The number of nitrogens with two attached hydrogens (primary N) is 1. The minimum atomic E-state index is -4.07. The molecule has 0 saturated carbocycles. The van der Waals surface area contributed by atoms with Crippen molar-refractivity contribution in [3.63, 3.8) is 0 Å². The first kappa shape index (κ1) is 20.4. The van der Waals surface area contributed by atoms with Gasteiger partial charge in [0.05, 0.1) is 0 Å². The second kappa shape index (κ2) is 8.46. The van der Waals surface area contributed by atoms with E-state index in [1.807, 2.05) is 0 Å². The number of primary sulfonamides is 1. The fraction of sp³-hybridized carbons (Fsp3) is 0.250. The molecule has 0 saturated heterocycles. The van der Waals surface area contributed by atoms with Gasteiger partial charge in [0.1, 0.15) is 0 Å². The van der Waals surface area contributed by atoms with Crippen LogP contribution in [0.5, 0.6) is 0 Å². The molecule has 0 aromatic carbocycles. The number of carbonyl (C=O) groups excluding carboxylic acids is 1. The average Bonchev–Trinajstić information content (AvgIpc) is 2.94. The number of aromatic nitrogens is 2. The summed E-state index contributed by atoms with van der Waals surface area (Å²) < 4.78 is 21.7. The zero-order chi connectivity index (χ0) is 19.2. The molecule has 1 heterocycles. The normalized spacial score (nSPS) is 12.7. The Morgan fingerprint density at radius 2 is 1.92 bits per heavy atom. The van der Waals surface area contributed by atoms with Crippen LogP contribution in [0.1, 0.15) is 19.8 Å². The number of hydrogen-bond donors (Lipinski definition) is 4. The quantitative estimate of drug-likeness (QED) is 0.268. The third-order valence-electron chi connectivity index (χ3n) is 2.56. The Morgan fingerprint density at radius 3 is 2.40 bits per heavy atom. The zero-order valence-corrected chi connectivity index (χ0v) is 14.4. The van der Waals surface area contributed by atoms with Crippen LogP contribution in [0.25, 0.3) is 0 Å². The summed E-state index contributed by atoms with van der Waals surface area (Å²) in [6.45, 7) is 1.25. The van der Waals surface area contributed by atoms with Crippen molar-refractivity contribution in [2.45, 2.75) is 24.1 Å². The number of carboxylic acids is 2. The fourth-order valence-electron chi connectivity index (χ4n) is 1.41. The Morgan fingerprint density at radius 1 is 1.28 bits per heavy atom. The summed E-state index contributed by atoms with van der Waals surface area (Å²) >= 11 is 0.514. The summed E-state index contributed by atoms with van der Waals surface area (Å²) in [5, 5.41) is 31.2. The number of nitrogens with zero attached hydrogens (tertiary/aromatic N) is 2. The van der Waals surface area contributed by atoms with Crippen LogP contribution in [0, 0.1) is 0 Å². The van der Waals surface area contributed by atoms with E-state index < -0.39 is 32.2 Å². The van der Waals surface area contributed by atoms with Crippen LogP contribution in [0.15, 0.2) is 27.6 Å². The lowest BCUT2D eigenvalue weighted by Gasteiger charge is -2.03. The molecule has 0 aliphatic heterocycles. The first-order valence-electron chi connectivity index (χ1n) is 6.52. The monoisotopic (exact) mass is 390 g/mol. The van der Waals surface area contributed by atoms with Crippen molar-refractivity contribution >= 4 is 44.3 Å². The van der Waals surface area contributed by atoms with Crippen LogP contribution in [0.2, 0.25) is 0 Å². The molecule has 1 amide bonds. The van der Waals surface area contributed by atoms with Crippen LogP contribution in [0.4, 0.5) is 5.13 Å². The summed E-state index contributed by atoms with van der Waals surface area (Å²) in [6, 6.07) is 0. The summed E-state index contributed by atoms with van der Waals surface area (Å²) in [5.41, 5.74) is -0.271. The van der Waals surface area contributed by atoms with Gasteiger partial charge < -0.3 is 10.2 Å². The van der Waals surface area contributed by atoms with E-state index in [0.717, 1.165) is 6.08 Å². The number of rotatable bonds is 8. The highest BCUT2D eigenvalue weighted by Gasteiger charge is 2.17. The molecule has 0 unspecified atom stereocenters. The van der Waals surface area contributed by atoms with Gasteiger partial charge in [-0.25, -0.2) is 18.4 Å². The molecule has 5 N–H and O–H groups in total. The van der Waals surface area contributed by atoms with E-state index in [-0.39, 0.29) is 29.1 Å². The Balaban J connectivity index is 3.02. The lowest BCUT2D eigenvalue weighted by molar-refractivity contribution is -0.137. The van der Waals surface area contributed by atoms with Gasteiger partial charge >= 0.3 is 11.9 Å². The van der Waals surface area contributed by atoms with Crippen LogP contribution >= 0.6 is 11.3 Å². The molecule has 0 atom stereocenters. The number of carbonyl (C=O) groups is 3. The minimum absolute atomic E-state index is 0.0139. The summed E-state index contributed by atoms with van der Waals surface area (Å²) in [7, 11) is -4.07. The number of hydrogen-bond acceptors (Lipinski definition) is 8. The molecule has 13 heteroatoms. The molecular weight excluding hydrogens is 376 g/mol. The van der Waals surface area contributed by atoms with Crippen molar-refractivity contribution in [2.24, 2.45) is 5.14 Å². The molecule has 25 heavy (non-hydrogen) atoms. The molecule has 136 valence electrons. The summed E-state index contributed by atoms with van der Waals surface area (Å²) in [6.07, 6.45) is 2.03. The molecular formula is C12H14N4O7S2. The second-order valence-corrected chi connectivity index (χ2v) is 7.31. The maximum atomic E-state index is 12.2. The van der Waals surface area contributed by atoms with Crippen LogP contribution < -0.4 is 10.5 Å². The molecule has 1 aromatic heterocycles. The number of carboxylic acid groups (broad SMARTS) is 2. The predicted octanol–water partition coefficient (Wildman–Crippen LogP) is -0.0539. The first-order valence-corrected chi connectivity index (χ1v) is 8.88. The Hall–Kier alpha value is -2.64. The van der Waals surface area contributed by atoms with Gasteiger partial charge in [0.15, 0.2) is 0 Å². The maximum Gasteiger partial charge on any atom is 0.331 e. The third kappa shape index (κ3) is 6.78. The van der Waals surface area contributed by atoms with E-state index in [1.165, 1.54) is 13.0 Å². The largest absolute Gasteiger partial charge is 0.481 e. The second-order valence-electron chi connectivity index (χ2n) is 4.60. The number of allylic oxidation sites excluding steroid dienone is 1. The standard InChI is InChI=1S/C12H14N4O7S2/c1-6(10(20)21)5-7(3-2-4-8(17)18)9(19)14-11-15-16-12(24-11)25(13,22)23/h3,5H,2,4H2,1H3,(H,17,18)(H,20,21)(H2,13,22,23)(H,14,15,19)/b6-5+,7-3+. The van der Waals surface area contributed by atoms with Gasteiger partial charge in [-0.2, -0.15) is 0 Å². The lowest BCUT2D eigenvalue weighted by Crippen LogP contribution is -2.14. The SMILES string of the molecule is C/C(=C\C(=C/CCC(=O)O)C(=O)Nc1nnc(S(N)(=O)=O)s1)C(=O)O. The molecule has 0 bridgehead atoms. The van der Waals surface area contributed by atoms with Crippen molar-refractivity contribution in [2.75, 3.05) is 5.32 Å². The van der Waals surface area contributed by atoms with Crippen molar-refractivity contribution in [1.82, 2.24) is 10.2 Å². The van der Waals surface area contributed by atoms with Crippen molar-refractivity contribution in [3.8, 4) is 0 Å². The lowest BCUT2D eigenvalue weighted by atomic mass is 10.1. The molecule has 1 aromatic rings. The van der Waals surface area contributed by atoms with Crippen molar-refractivity contribution in [1.29, 1.82) is 0 Å². The molecule has 0 aliphatic carbocycles. The maximum absolute atomic E-state index is 12.2. The molecule has 0 fully saturated rings. The number of amides is 1. The van der Waals surface area contributed by atoms with E-state index >= 15 is 0 Å². The summed E-state index contributed by atoms with van der Waals surface area (Å²) in [4.78, 5) is 33.6. The van der Waals surface area contributed by atoms with E-state index in [1.54, 1.807) is 0 Å². The predicted molar refractivity (Wildman–Crippen MR) is 86.3 cm³/mol. The highest BCUT2D eigenvalue weighted by molar-refractivity contribution is 7.91. The van der Waals surface area contributed by atoms with E-state index in [9.17, 15) is 22.8 Å². The molecule has 1 rings (SSSR count). The Labute approximate surface area is 145 Å². The number of aliphatic carboxylic acids is 2. The number of sulfonamides is 1. The molecule has 0 spiro atoms. The van der Waals surface area contributed by atoms with Crippen molar-refractivity contribution in [3.05, 3.63) is 23.3 Å². The third-order valence-corrected chi connectivity index (χ3v) is 4.71. The highest BCUT2D eigenvalue weighted by Crippen LogP contribution is 2.19. The minimum Gasteiger partial charge on any atom is -0.481 e.